The fraction of sp³-hybridized carbons (Fsp3) is 0.217. The van der Waals surface area contributed by atoms with E-state index in [2.05, 4.69) is 4.72 Å². The van der Waals surface area contributed by atoms with E-state index in [0.717, 1.165) is 11.6 Å². The number of aryl methyl sites for hydroxylation is 1. The summed E-state index contributed by atoms with van der Waals surface area (Å²) in [7, 11) is 1.60. The molecular weight excluding hydrogens is 449 g/mol. The van der Waals surface area contributed by atoms with Crippen molar-refractivity contribution in [2.45, 2.75) is 13.3 Å². The van der Waals surface area contributed by atoms with Gasteiger partial charge in [-0.15, -0.1) is 0 Å². The number of rotatable bonds is 9. The topological polar surface area (TPSA) is 114 Å². The van der Waals surface area contributed by atoms with Crippen LogP contribution in [0.1, 0.15) is 18.1 Å². The Kier molecular flexibility index (Phi) is 7.95. The van der Waals surface area contributed by atoms with Crippen LogP contribution < -0.4 is 19.8 Å². The predicted octanol–water partition coefficient (Wildman–Crippen LogP) is 3.52. The molecule has 33 heavy (non-hydrogen) atoms. The molecule has 0 aliphatic rings. The number of benzene rings is 2. The van der Waals surface area contributed by atoms with Gasteiger partial charge in [0.1, 0.15) is 11.5 Å². The standard InChI is InChI=1S/C23H22FN3O5S/c1-3-31-22-12-23(28)27(2)14-18(22)17-10-15(8-9-26-33(29)30)4-6-20(17)32-21-7-5-16(13-25)11-19(21)24/h4-7,10-12,14,26H,3,8-9H2,1-2H3,(H,29,30). The minimum absolute atomic E-state index is 0.0666. The van der Waals surface area contributed by atoms with E-state index >= 15 is 0 Å². The van der Waals surface area contributed by atoms with Gasteiger partial charge in [0, 0.05) is 37.0 Å². The summed E-state index contributed by atoms with van der Waals surface area (Å²) in [6, 6.07) is 12.3. The molecule has 0 saturated heterocycles. The lowest BCUT2D eigenvalue weighted by Crippen LogP contribution is -2.19. The summed E-state index contributed by atoms with van der Waals surface area (Å²) in [5.74, 6) is -0.106. The molecule has 0 spiro atoms. The van der Waals surface area contributed by atoms with Crippen molar-refractivity contribution in [2.75, 3.05) is 13.2 Å². The molecule has 8 nitrogen and oxygen atoms in total. The van der Waals surface area contributed by atoms with E-state index in [1.54, 1.807) is 38.4 Å². The zero-order chi connectivity index (χ0) is 24.0. The first-order valence-electron chi connectivity index (χ1n) is 10.0. The zero-order valence-corrected chi connectivity index (χ0v) is 18.8. The Morgan fingerprint density at radius 1 is 1.15 bits per heavy atom. The third kappa shape index (κ3) is 6.04. The highest BCUT2D eigenvalue weighted by molar-refractivity contribution is 7.77. The number of hydrogen-bond acceptors (Lipinski definition) is 5. The summed E-state index contributed by atoms with van der Waals surface area (Å²) >= 11 is -2.13. The molecule has 3 aromatic rings. The summed E-state index contributed by atoms with van der Waals surface area (Å²) in [6.45, 7) is 2.37. The van der Waals surface area contributed by atoms with Crippen LogP contribution in [-0.2, 0) is 24.7 Å². The van der Waals surface area contributed by atoms with Gasteiger partial charge in [-0.2, -0.15) is 5.26 Å². The number of nitrogens with one attached hydrogen (secondary N) is 1. The number of aromatic nitrogens is 1. The summed E-state index contributed by atoms with van der Waals surface area (Å²) in [5.41, 5.74) is 1.82. The molecule has 0 saturated carbocycles. The van der Waals surface area contributed by atoms with E-state index in [-0.39, 0.29) is 23.4 Å². The van der Waals surface area contributed by atoms with Gasteiger partial charge >= 0.3 is 0 Å². The van der Waals surface area contributed by atoms with Crippen molar-refractivity contribution in [3.63, 3.8) is 0 Å². The molecule has 0 radical (unpaired) electrons. The number of pyridine rings is 1. The van der Waals surface area contributed by atoms with Crippen LogP contribution in [0.15, 0.2) is 53.5 Å². The zero-order valence-electron chi connectivity index (χ0n) is 18.0. The fourth-order valence-corrected chi connectivity index (χ4v) is 3.45. The number of hydrogen-bond donors (Lipinski definition) is 2. The van der Waals surface area contributed by atoms with Gasteiger partial charge in [-0.3, -0.25) is 9.35 Å². The monoisotopic (exact) mass is 471 g/mol. The molecule has 172 valence electrons. The molecule has 0 bridgehead atoms. The molecule has 2 N–H and O–H groups in total. The second kappa shape index (κ2) is 10.9. The second-order valence-electron chi connectivity index (χ2n) is 7.02. The van der Waals surface area contributed by atoms with Gasteiger partial charge in [0.25, 0.3) is 5.56 Å². The van der Waals surface area contributed by atoms with E-state index in [4.69, 9.17) is 19.3 Å². The van der Waals surface area contributed by atoms with E-state index < -0.39 is 17.1 Å². The van der Waals surface area contributed by atoms with Crippen LogP contribution in [0.4, 0.5) is 4.39 Å². The average Bonchev–Trinajstić information content (AvgIpc) is 2.78. The van der Waals surface area contributed by atoms with Crippen LogP contribution in [0.25, 0.3) is 11.1 Å². The smallest absolute Gasteiger partial charge is 0.254 e. The second-order valence-corrected chi connectivity index (χ2v) is 7.80. The Labute approximate surface area is 192 Å². The lowest BCUT2D eigenvalue weighted by molar-refractivity contribution is 0.340. The quantitative estimate of drug-likeness (QED) is 0.462. The highest BCUT2D eigenvalue weighted by Crippen LogP contribution is 2.39. The third-order valence-corrected chi connectivity index (χ3v) is 5.20. The molecule has 1 aromatic heterocycles. The summed E-state index contributed by atoms with van der Waals surface area (Å²) in [6.07, 6.45) is 2.04. The van der Waals surface area contributed by atoms with Gasteiger partial charge in [-0.05, 0) is 49.2 Å². The lowest BCUT2D eigenvalue weighted by atomic mass is 10.0. The Morgan fingerprint density at radius 2 is 1.91 bits per heavy atom. The highest BCUT2D eigenvalue weighted by Gasteiger charge is 2.17. The molecule has 3 rings (SSSR count). The van der Waals surface area contributed by atoms with Gasteiger partial charge in [0.15, 0.2) is 11.6 Å². The molecule has 0 amide bonds. The number of halogens is 1. The molecular formula is C23H22FN3O5S. The molecule has 1 unspecified atom stereocenters. The minimum Gasteiger partial charge on any atom is -0.493 e. The van der Waals surface area contributed by atoms with Crippen molar-refractivity contribution in [1.29, 1.82) is 5.26 Å². The van der Waals surface area contributed by atoms with Crippen LogP contribution in [-0.4, -0.2) is 26.5 Å². The SMILES string of the molecule is CCOc1cc(=O)n(C)cc1-c1cc(CCNS(=O)O)ccc1Oc1ccc(C#N)cc1F. The first-order chi connectivity index (χ1) is 15.8. The minimum atomic E-state index is -2.13. The first-order valence-corrected chi connectivity index (χ1v) is 11.1. The van der Waals surface area contributed by atoms with E-state index in [0.29, 0.717) is 35.7 Å². The summed E-state index contributed by atoms with van der Waals surface area (Å²) < 4.78 is 49.6. The van der Waals surface area contributed by atoms with Crippen LogP contribution in [0.2, 0.25) is 0 Å². The highest BCUT2D eigenvalue weighted by atomic mass is 32.2. The fourth-order valence-electron chi connectivity index (χ4n) is 3.18. The molecule has 2 aromatic carbocycles. The number of nitrogens with zero attached hydrogens (tertiary/aromatic N) is 2. The molecule has 0 aliphatic carbocycles. The van der Waals surface area contributed by atoms with Crippen molar-refractivity contribution in [1.82, 2.24) is 9.29 Å². The van der Waals surface area contributed by atoms with Gasteiger partial charge in [0.2, 0.25) is 11.3 Å². The van der Waals surface area contributed by atoms with Crippen LogP contribution in [0, 0.1) is 17.1 Å². The predicted molar refractivity (Wildman–Crippen MR) is 122 cm³/mol. The maximum Gasteiger partial charge on any atom is 0.254 e. The molecule has 10 heteroatoms. The van der Waals surface area contributed by atoms with Crippen molar-refractivity contribution in [3.8, 4) is 34.4 Å². The number of nitriles is 1. The number of ether oxygens (including phenoxy) is 2. The third-order valence-electron chi connectivity index (χ3n) is 4.74. The van der Waals surface area contributed by atoms with Gasteiger partial charge in [-0.1, -0.05) is 6.07 Å². The van der Waals surface area contributed by atoms with Crippen molar-refractivity contribution < 1.29 is 22.6 Å². The Balaban J connectivity index is 2.10. The van der Waals surface area contributed by atoms with Crippen molar-refractivity contribution in [3.05, 3.63) is 76.0 Å². The first kappa shape index (κ1) is 24.1. The Morgan fingerprint density at radius 3 is 2.58 bits per heavy atom. The molecule has 0 aliphatic heterocycles. The maximum atomic E-state index is 14.5. The molecule has 0 fully saturated rings. The lowest BCUT2D eigenvalue weighted by Gasteiger charge is -2.17. The van der Waals surface area contributed by atoms with Crippen LogP contribution in [0.5, 0.6) is 17.2 Å². The van der Waals surface area contributed by atoms with Gasteiger partial charge in [0.05, 0.1) is 18.2 Å². The normalized spacial score (nSPS) is 11.6. The Hall–Kier alpha value is -3.52. The molecule has 1 atom stereocenters. The van der Waals surface area contributed by atoms with Gasteiger partial charge < -0.3 is 14.0 Å². The van der Waals surface area contributed by atoms with Crippen molar-refractivity contribution >= 4 is 11.3 Å². The molecule has 1 heterocycles. The van der Waals surface area contributed by atoms with Crippen LogP contribution >= 0.6 is 0 Å². The van der Waals surface area contributed by atoms with E-state index in [1.165, 1.54) is 22.8 Å². The largest absolute Gasteiger partial charge is 0.493 e. The summed E-state index contributed by atoms with van der Waals surface area (Å²) in [4.78, 5) is 12.2. The average molecular weight is 472 g/mol. The van der Waals surface area contributed by atoms with Crippen molar-refractivity contribution in [2.24, 2.45) is 7.05 Å². The Bertz CT molecular complexity index is 1290. The van der Waals surface area contributed by atoms with E-state index in [9.17, 15) is 13.4 Å². The maximum absolute atomic E-state index is 14.5. The van der Waals surface area contributed by atoms with Gasteiger partial charge in [-0.25, -0.2) is 13.3 Å². The van der Waals surface area contributed by atoms with Crippen LogP contribution in [0.3, 0.4) is 0 Å². The summed E-state index contributed by atoms with van der Waals surface area (Å²) in [5, 5.41) is 8.96. The van der Waals surface area contributed by atoms with E-state index in [1.807, 2.05) is 6.07 Å².